The maximum atomic E-state index is 8.92. The smallest absolute Gasteiger partial charge is 0.144 e. The number of ether oxygens (including phenoxy) is 2. The van der Waals surface area contributed by atoms with Gasteiger partial charge in [0.25, 0.3) is 0 Å². The van der Waals surface area contributed by atoms with Crippen LogP contribution in [0.15, 0.2) is 12.3 Å². The van der Waals surface area contributed by atoms with Crippen LogP contribution < -0.4 is 4.74 Å². The van der Waals surface area contributed by atoms with Gasteiger partial charge >= 0.3 is 0 Å². The molecule has 0 radical (unpaired) electrons. The van der Waals surface area contributed by atoms with Gasteiger partial charge in [0.2, 0.25) is 0 Å². The Morgan fingerprint density at radius 2 is 2.06 bits per heavy atom. The molecule has 1 aromatic rings. The zero-order chi connectivity index (χ0) is 12.4. The number of aromatic nitrogens is 1. The molecule has 3 rings (SSSR count). The monoisotopic (exact) mass is 244 g/mol. The molecule has 0 unspecified atom stereocenters. The molecule has 1 saturated heterocycles. The van der Waals surface area contributed by atoms with E-state index in [0.29, 0.717) is 11.6 Å². The molecule has 0 amide bonds. The minimum Gasteiger partial charge on any atom is -0.490 e. The van der Waals surface area contributed by atoms with E-state index >= 15 is 0 Å². The van der Waals surface area contributed by atoms with Crippen molar-refractivity contribution in [1.82, 2.24) is 4.98 Å². The Morgan fingerprint density at radius 3 is 2.72 bits per heavy atom. The molecule has 2 fully saturated rings. The van der Waals surface area contributed by atoms with Crippen LogP contribution in [-0.4, -0.2) is 24.3 Å². The average molecular weight is 244 g/mol. The standard InChI is InChI=1S/C14H16N2O2/c15-8-11-7-14(13(9-16-11)10-1-2-10)18-12-3-5-17-6-4-12/h7,9-10,12H,1-6H2. The van der Waals surface area contributed by atoms with Crippen LogP contribution >= 0.6 is 0 Å². The van der Waals surface area contributed by atoms with Crippen molar-refractivity contribution in [2.24, 2.45) is 0 Å². The van der Waals surface area contributed by atoms with Gasteiger partial charge in [-0.1, -0.05) is 0 Å². The molecule has 18 heavy (non-hydrogen) atoms. The molecule has 0 aromatic carbocycles. The first-order valence-electron chi connectivity index (χ1n) is 6.51. The van der Waals surface area contributed by atoms with E-state index in [1.54, 1.807) is 6.07 Å². The van der Waals surface area contributed by atoms with Crippen LogP contribution in [0, 0.1) is 11.3 Å². The molecule has 1 aliphatic heterocycles. The van der Waals surface area contributed by atoms with Crippen LogP contribution in [0.2, 0.25) is 0 Å². The molecule has 1 aromatic heterocycles. The average Bonchev–Trinajstić information content (AvgIpc) is 3.24. The molecule has 4 heteroatoms. The summed E-state index contributed by atoms with van der Waals surface area (Å²) >= 11 is 0. The molecule has 0 N–H and O–H groups in total. The SMILES string of the molecule is N#Cc1cc(OC2CCOCC2)c(C2CC2)cn1. The third kappa shape index (κ3) is 2.46. The zero-order valence-electron chi connectivity index (χ0n) is 10.3. The Bertz CT molecular complexity index is 471. The van der Waals surface area contributed by atoms with Crippen molar-refractivity contribution in [1.29, 1.82) is 5.26 Å². The summed E-state index contributed by atoms with van der Waals surface area (Å²) in [6.07, 6.45) is 6.29. The highest BCUT2D eigenvalue weighted by atomic mass is 16.5. The Morgan fingerprint density at radius 1 is 1.28 bits per heavy atom. The summed E-state index contributed by atoms with van der Waals surface area (Å²) in [5.41, 5.74) is 1.60. The fraction of sp³-hybridized carbons (Fsp3) is 0.571. The minimum atomic E-state index is 0.213. The predicted octanol–water partition coefficient (Wildman–Crippen LogP) is 2.39. The lowest BCUT2D eigenvalue weighted by Gasteiger charge is -2.24. The molecule has 1 saturated carbocycles. The second kappa shape index (κ2) is 4.95. The van der Waals surface area contributed by atoms with Crippen LogP contribution in [0.5, 0.6) is 5.75 Å². The largest absolute Gasteiger partial charge is 0.490 e. The van der Waals surface area contributed by atoms with Crippen LogP contribution in [0.3, 0.4) is 0 Å². The van der Waals surface area contributed by atoms with Gasteiger partial charge in [0.15, 0.2) is 0 Å². The molecule has 0 atom stereocenters. The number of hydrogen-bond acceptors (Lipinski definition) is 4. The van der Waals surface area contributed by atoms with Crippen molar-refractivity contribution < 1.29 is 9.47 Å². The molecule has 1 aliphatic carbocycles. The fourth-order valence-electron chi connectivity index (χ4n) is 2.28. The summed E-state index contributed by atoms with van der Waals surface area (Å²) in [7, 11) is 0. The predicted molar refractivity (Wildman–Crippen MR) is 65.4 cm³/mol. The number of hydrogen-bond donors (Lipinski definition) is 0. The first-order valence-corrected chi connectivity index (χ1v) is 6.51. The van der Waals surface area contributed by atoms with Gasteiger partial charge in [0.1, 0.15) is 23.6 Å². The lowest BCUT2D eigenvalue weighted by atomic mass is 10.1. The van der Waals surface area contributed by atoms with Gasteiger partial charge in [-0.15, -0.1) is 0 Å². The van der Waals surface area contributed by atoms with Crippen LogP contribution in [0.1, 0.15) is 42.9 Å². The molecule has 2 heterocycles. The van der Waals surface area contributed by atoms with E-state index in [1.807, 2.05) is 6.20 Å². The van der Waals surface area contributed by atoms with Crippen molar-refractivity contribution in [3.05, 3.63) is 23.5 Å². The van der Waals surface area contributed by atoms with Crippen molar-refractivity contribution in [2.45, 2.75) is 37.7 Å². The number of rotatable bonds is 3. The Balaban J connectivity index is 1.81. The number of nitriles is 1. The van der Waals surface area contributed by atoms with E-state index in [1.165, 1.54) is 18.4 Å². The highest BCUT2D eigenvalue weighted by Gasteiger charge is 2.28. The maximum Gasteiger partial charge on any atom is 0.144 e. The van der Waals surface area contributed by atoms with Gasteiger partial charge in [-0.25, -0.2) is 4.98 Å². The second-order valence-corrected chi connectivity index (χ2v) is 4.92. The first-order chi connectivity index (χ1) is 8.86. The van der Waals surface area contributed by atoms with E-state index in [-0.39, 0.29) is 6.10 Å². The second-order valence-electron chi connectivity index (χ2n) is 4.92. The summed E-state index contributed by atoms with van der Waals surface area (Å²) in [5.74, 6) is 1.44. The van der Waals surface area contributed by atoms with Crippen LogP contribution in [0.4, 0.5) is 0 Å². The van der Waals surface area contributed by atoms with Gasteiger partial charge in [-0.3, -0.25) is 0 Å². The van der Waals surface area contributed by atoms with E-state index < -0.39 is 0 Å². The van der Waals surface area contributed by atoms with Crippen molar-refractivity contribution >= 4 is 0 Å². The summed E-state index contributed by atoms with van der Waals surface area (Å²) in [6, 6.07) is 3.86. The van der Waals surface area contributed by atoms with Crippen molar-refractivity contribution in [3.8, 4) is 11.8 Å². The van der Waals surface area contributed by atoms with Gasteiger partial charge in [0.05, 0.1) is 13.2 Å². The third-order valence-corrected chi connectivity index (χ3v) is 3.49. The van der Waals surface area contributed by atoms with Crippen LogP contribution in [-0.2, 0) is 4.74 Å². The summed E-state index contributed by atoms with van der Waals surface area (Å²) in [6.45, 7) is 1.53. The summed E-state index contributed by atoms with van der Waals surface area (Å²) in [4.78, 5) is 4.15. The number of nitrogens with zero attached hydrogens (tertiary/aromatic N) is 2. The molecule has 0 spiro atoms. The lowest BCUT2D eigenvalue weighted by Crippen LogP contribution is -2.26. The first kappa shape index (κ1) is 11.5. The molecule has 0 bridgehead atoms. The van der Waals surface area contributed by atoms with Gasteiger partial charge in [-0.05, 0) is 18.8 Å². The van der Waals surface area contributed by atoms with Gasteiger partial charge in [-0.2, -0.15) is 5.26 Å². The Labute approximate surface area is 107 Å². The maximum absolute atomic E-state index is 8.92. The van der Waals surface area contributed by atoms with Crippen molar-refractivity contribution in [2.75, 3.05) is 13.2 Å². The van der Waals surface area contributed by atoms with E-state index in [0.717, 1.165) is 31.8 Å². The third-order valence-electron chi connectivity index (χ3n) is 3.49. The Hall–Kier alpha value is -1.60. The van der Waals surface area contributed by atoms with Gasteiger partial charge < -0.3 is 9.47 Å². The molecular weight excluding hydrogens is 228 g/mol. The highest BCUT2D eigenvalue weighted by Crippen LogP contribution is 2.44. The molecule has 2 aliphatic rings. The molecule has 4 nitrogen and oxygen atoms in total. The summed E-state index contributed by atoms with van der Waals surface area (Å²) < 4.78 is 11.4. The zero-order valence-corrected chi connectivity index (χ0v) is 10.3. The topological polar surface area (TPSA) is 55.1 Å². The summed E-state index contributed by atoms with van der Waals surface area (Å²) in [5, 5.41) is 8.92. The van der Waals surface area contributed by atoms with E-state index in [9.17, 15) is 0 Å². The fourth-order valence-corrected chi connectivity index (χ4v) is 2.28. The highest BCUT2D eigenvalue weighted by molar-refractivity contribution is 5.41. The van der Waals surface area contributed by atoms with Crippen LogP contribution in [0.25, 0.3) is 0 Å². The quantitative estimate of drug-likeness (QED) is 0.819. The Kier molecular flexibility index (Phi) is 3.16. The van der Waals surface area contributed by atoms with Gasteiger partial charge in [0, 0.05) is 30.7 Å². The molecule has 94 valence electrons. The minimum absolute atomic E-state index is 0.213. The number of pyridine rings is 1. The molecular formula is C14H16N2O2. The normalized spacial score (nSPS) is 20.4. The van der Waals surface area contributed by atoms with E-state index in [4.69, 9.17) is 14.7 Å². The van der Waals surface area contributed by atoms with E-state index in [2.05, 4.69) is 11.1 Å². The van der Waals surface area contributed by atoms with Crippen molar-refractivity contribution in [3.63, 3.8) is 0 Å². The lowest BCUT2D eigenvalue weighted by molar-refractivity contribution is 0.0251.